The van der Waals surface area contributed by atoms with E-state index < -0.39 is 23.6 Å². The molecule has 304 valence electrons. The van der Waals surface area contributed by atoms with Gasteiger partial charge in [-0.25, -0.2) is 9.59 Å². The average Bonchev–Trinajstić information content (AvgIpc) is 3.94. The molecule has 12 heteroatoms. The molecular formula is C47H48N4O7S. The molecule has 0 saturated heterocycles. The predicted molar refractivity (Wildman–Crippen MR) is 226 cm³/mol. The zero-order chi connectivity index (χ0) is 41.5. The molecule has 11 nitrogen and oxygen atoms in total. The lowest BCUT2D eigenvalue weighted by atomic mass is 9.97. The summed E-state index contributed by atoms with van der Waals surface area (Å²) < 4.78 is 17.0. The number of nitrogens with zero attached hydrogens (tertiary/aromatic N) is 2. The highest BCUT2D eigenvalue weighted by Gasteiger charge is 2.38. The number of amides is 4. The van der Waals surface area contributed by atoms with E-state index in [1.807, 2.05) is 135 Å². The van der Waals surface area contributed by atoms with Gasteiger partial charge in [-0.2, -0.15) is 0 Å². The van der Waals surface area contributed by atoms with Crippen molar-refractivity contribution < 1.29 is 33.4 Å². The molecule has 0 spiro atoms. The zero-order valence-corrected chi connectivity index (χ0v) is 34.4. The maximum Gasteiger partial charge on any atom is 0.338 e. The Balaban J connectivity index is 1.16. The Hall–Kier alpha value is -6.40. The molecule has 2 aliphatic rings. The van der Waals surface area contributed by atoms with Gasteiger partial charge in [0.15, 0.2) is 11.5 Å². The number of thiophene rings is 1. The molecule has 7 rings (SSSR count). The summed E-state index contributed by atoms with van der Waals surface area (Å²) in [5.41, 5.74) is 4.45. The predicted octanol–water partition coefficient (Wildman–Crippen LogP) is 8.69. The quantitative estimate of drug-likeness (QED) is 0.108. The highest BCUT2D eigenvalue weighted by molar-refractivity contribution is 7.10. The minimum absolute atomic E-state index is 0.00511. The number of carbonyl (C=O) groups is 4. The van der Waals surface area contributed by atoms with Crippen molar-refractivity contribution in [3.63, 3.8) is 0 Å². The van der Waals surface area contributed by atoms with E-state index in [-0.39, 0.29) is 57.2 Å². The third-order valence-corrected chi connectivity index (χ3v) is 11.1. The van der Waals surface area contributed by atoms with Gasteiger partial charge < -0.3 is 29.7 Å². The molecule has 2 atom stereocenters. The van der Waals surface area contributed by atoms with Crippen LogP contribution < -0.4 is 20.1 Å². The van der Waals surface area contributed by atoms with Crippen LogP contribution >= 0.6 is 11.3 Å². The summed E-state index contributed by atoms with van der Waals surface area (Å²) in [5.74, 6) is 0.0215. The molecule has 59 heavy (non-hydrogen) atoms. The number of carbonyl (C=O) groups excluding carboxylic acids is 4. The summed E-state index contributed by atoms with van der Waals surface area (Å²) in [5, 5.41) is 8.01. The summed E-state index contributed by atoms with van der Waals surface area (Å²) in [6, 6.07) is 34.2. The number of esters is 1. The maximum atomic E-state index is 14.6. The lowest BCUT2D eigenvalue weighted by molar-refractivity contribution is -0.142. The molecule has 0 radical (unpaired) electrons. The Bertz CT molecular complexity index is 2310. The number of ether oxygens (including phenoxy) is 3. The van der Waals surface area contributed by atoms with Crippen molar-refractivity contribution in [3.05, 3.63) is 153 Å². The van der Waals surface area contributed by atoms with Crippen LogP contribution in [0.1, 0.15) is 74.2 Å². The number of urea groups is 1. The Morgan fingerprint density at radius 3 is 2.27 bits per heavy atom. The van der Waals surface area contributed by atoms with E-state index in [2.05, 4.69) is 10.6 Å². The standard InChI is InChI=1S/C47H48N4O7S/c1-31-41(45(54)56-29-32-13-7-5-8-14-32)42(39-17-12-26-59-39)48-46(55)50(31)25-11-18-40(52)51(28-33-19-24-37-38(27-33)58-30-57-37)43(44(53)49-47(2,3)4)36-22-20-35(21-23-36)34-15-9-6-10-16-34/h5-10,12-17,19-24,26-27,42-43H,11,18,25,28-30H2,1-4H3,(H,48,55)(H,49,53). The van der Waals surface area contributed by atoms with Gasteiger partial charge in [-0.1, -0.05) is 97.1 Å². The first-order valence-electron chi connectivity index (χ1n) is 19.6. The largest absolute Gasteiger partial charge is 0.457 e. The Morgan fingerprint density at radius 1 is 0.881 bits per heavy atom. The minimum Gasteiger partial charge on any atom is -0.457 e. The van der Waals surface area contributed by atoms with Gasteiger partial charge in [0.2, 0.25) is 18.6 Å². The van der Waals surface area contributed by atoms with Crippen LogP contribution in [0.15, 0.2) is 132 Å². The summed E-state index contributed by atoms with van der Waals surface area (Å²) in [4.78, 5) is 60.4. The lowest BCUT2D eigenvalue weighted by Crippen LogP contribution is -2.49. The van der Waals surface area contributed by atoms with Gasteiger partial charge in [0.05, 0.1) is 11.6 Å². The van der Waals surface area contributed by atoms with E-state index in [0.717, 1.165) is 27.1 Å². The number of allylic oxidation sites excluding steroid dienone is 1. The van der Waals surface area contributed by atoms with Gasteiger partial charge in [0, 0.05) is 35.6 Å². The first kappa shape index (κ1) is 40.8. The highest BCUT2D eigenvalue weighted by atomic mass is 32.1. The van der Waals surface area contributed by atoms with Crippen molar-refractivity contribution in [2.24, 2.45) is 0 Å². The fourth-order valence-corrected chi connectivity index (χ4v) is 8.06. The molecule has 3 heterocycles. The van der Waals surface area contributed by atoms with Gasteiger partial charge in [0.1, 0.15) is 12.6 Å². The van der Waals surface area contributed by atoms with Crippen LogP contribution in [0.3, 0.4) is 0 Å². The lowest BCUT2D eigenvalue weighted by Gasteiger charge is -2.36. The van der Waals surface area contributed by atoms with Crippen LogP contribution in [-0.2, 0) is 32.3 Å². The van der Waals surface area contributed by atoms with Crippen LogP contribution in [-0.4, -0.2) is 52.5 Å². The van der Waals surface area contributed by atoms with Crippen LogP contribution in [0.25, 0.3) is 11.1 Å². The van der Waals surface area contributed by atoms with Gasteiger partial charge in [-0.15, -0.1) is 11.3 Å². The molecule has 0 bridgehead atoms. The van der Waals surface area contributed by atoms with Crippen LogP contribution in [0.5, 0.6) is 11.5 Å². The SMILES string of the molecule is CC1=C(C(=O)OCc2ccccc2)C(c2cccs2)NC(=O)N1CCCC(=O)N(Cc1ccc2c(c1)OCO2)C(C(=O)NC(C)(C)C)c1ccc(-c2ccccc2)cc1. The molecule has 1 aromatic heterocycles. The number of rotatable bonds is 14. The topological polar surface area (TPSA) is 127 Å². The second kappa shape index (κ2) is 18.0. The Morgan fingerprint density at radius 2 is 1.58 bits per heavy atom. The maximum absolute atomic E-state index is 14.6. The molecule has 2 unspecified atom stereocenters. The van der Waals surface area contributed by atoms with E-state index in [9.17, 15) is 19.2 Å². The second-order valence-electron chi connectivity index (χ2n) is 15.6. The van der Waals surface area contributed by atoms with Crippen LogP contribution in [0, 0.1) is 0 Å². The molecule has 0 saturated carbocycles. The zero-order valence-electron chi connectivity index (χ0n) is 33.6. The van der Waals surface area contributed by atoms with Gasteiger partial charge in [0.25, 0.3) is 0 Å². The number of fused-ring (bicyclic) bond motifs is 1. The van der Waals surface area contributed by atoms with E-state index in [1.54, 1.807) is 17.9 Å². The molecular weight excluding hydrogens is 765 g/mol. The Labute approximate surface area is 348 Å². The van der Waals surface area contributed by atoms with E-state index in [0.29, 0.717) is 28.3 Å². The fourth-order valence-electron chi connectivity index (χ4n) is 7.28. The summed E-state index contributed by atoms with van der Waals surface area (Å²) in [6.07, 6.45) is 0.253. The molecule has 0 fully saturated rings. The fraction of sp³-hybridized carbons (Fsp3) is 0.277. The molecule has 0 aliphatic carbocycles. The van der Waals surface area contributed by atoms with E-state index >= 15 is 0 Å². The molecule has 2 N–H and O–H groups in total. The van der Waals surface area contributed by atoms with Crippen molar-refractivity contribution in [1.29, 1.82) is 0 Å². The van der Waals surface area contributed by atoms with Crippen LogP contribution in [0.2, 0.25) is 0 Å². The number of hydrogen-bond acceptors (Lipinski definition) is 8. The van der Waals surface area contributed by atoms with Crippen molar-refractivity contribution in [2.75, 3.05) is 13.3 Å². The first-order chi connectivity index (χ1) is 28.4. The highest BCUT2D eigenvalue weighted by Crippen LogP contribution is 2.36. The third-order valence-electron chi connectivity index (χ3n) is 10.1. The van der Waals surface area contributed by atoms with Crippen molar-refractivity contribution >= 4 is 35.2 Å². The van der Waals surface area contributed by atoms with Gasteiger partial charge in [-0.3, -0.25) is 14.5 Å². The first-order valence-corrected chi connectivity index (χ1v) is 20.5. The van der Waals surface area contributed by atoms with Crippen LogP contribution in [0.4, 0.5) is 4.79 Å². The Kier molecular flexibility index (Phi) is 12.5. The molecule has 2 aliphatic heterocycles. The summed E-state index contributed by atoms with van der Waals surface area (Å²) in [7, 11) is 0. The number of benzene rings is 4. The van der Waals surface area contributed by atoms with E-state index in [1.165, 1.54) is 16.2 Å². The minimum atomic E-state index is -0.991. The average molecular weight is 813 g/mol. The second-order valence-corrected chi connectivity index (χ2v) is 16.5. The smallest absolute Gasteiger partial charge is 0.338 e. The molecule has 5 aromatic rings. The van der Waals surface area contributed by atoms with Crippen molar-refractivity contribution in [2.45, 2.75) is 71.3 Å². The monoisotopic (exact) mass is 812 g/mol. The van der Waals surface area contributed by atoms with Gasteiger partial charge in [-0.05, 0) is 85.5 Å². The molecule has 4 aromatic carbocycles. The number of nitrogens with one attached hydrogen (secondary N) is 2. The number of hydrogen-bond donors (Lipinski definition) is 2. The third kappa shape index (κ3) is 9.84. The summed E-state index contributed by atoms with van der Waals surface area (Å²) in [6.45, 7) is 7.85. The van der Waals surface area contributed by atoms with E-state index in [4.69, 9.17) is 14.2 Å². The van der Waals surface area contributed by atoms with Crippen molar-refractivity contribution in [3.8, 4) is 22.6 Å². The molecule has 4 amide bonds. The van der Waals surface area contributed by atoms with Gasteiger partial charge >= 0.3 is 12.0 Å². The normalized spacial score (nSPS) is 15.4. The van der Waals surface area contributed by atoms with Crippen molar-refractivity contribution in [1.82, 2.24) is 20.4 Å². The summed E-state index contributed by atoms with van der Waals surface area (Å²) >= 11 is 1.44.